The first-order valence-electron chi connectivity index (χ1n) is 9.32. The molecule has 0 aromatic heterocycles. The van der Waals surface area contributed by atoms with Gasteiger partial charge in [-0.2, -0.15) is 4.31 Å². The topological polar surface area (TPSA) is 66.5 Å². The summed E-state index contributed by atoms with van der Waals surface area (Å²) in [5.41, 5.74) is 0.626. The van der Waals surface area contributed by atoms with Gasteiger partial charge < -0.3 is 5.32 Å². The Morgan fingerprint density at radius 3 is 2.43 bits per heavy atom. The van der Waals surface area contributed by atoms with E-state index in [0.29, 0.717) is 30.8 Å². The van der Waals surface area contributed by atoms with Crippen LogP contribution in [0.2, 0.25) is 5.02 Å². The number of hydrogen-bond donors (Lipinski definition) is 1. The Hall–Kier alpha value is -1.89. The monoisotopic (exact) mass is 420 g/mol. The summed E-state index contributed by atoms with van der Waals surface area (Å²) in [5.74, 6) is -0.254. The van der Waals surface area contributed by atoms with Crippen LogP contribution in [0, 0.1) is 0 Å². The van der Waals surface area contributed by atoms with Gasteiger partial charge >= 0.3 is 0 Å². The maximum atomic E-state index is 13.0. The van der Waals surface area contributed by atoms with E-state index in [4.69, 9.17) is 11.6 Å². The van der Waals surface area contributed by atoms with Crippen LogP contribution in [0.5, 0.6) is 0 Å². The second-order valence-electron chi connectivity index (χ2n) is 7.76. The molecule has 1 fully saturated rings. The number of nitrogens with one attached hydrogen (secondary N) is 1. The van der Waals surface area contributed by atoms with Crippen LogP contribution < -0.4 is 5.32 Å². The molecule has 0 unspecified atom stereocenters. The van der Waals surface area contributed by atoms with Gasteiger partial charge in [0.15, 0.2) is 0 Å². The molecule has 5 nitrogen and oxygen atoms in total. The number of benzene rings is 2. The molecular weight excluding hydrogens is 396 g/mol. The zero-order chi connectivity index (χ0) is 20.4. The normalized spacial score (nSPS) is 18.2. The molecule has 1 saturated heterocycles. The molecule has 0 aliphatic carbocycles. The van der Waals surface area contributed by atoms with Crippen molar-refractivity contribution in [3.05, 3.63) is 65.2 Å². The minimum Gasteiger partial charge on any atom is -0.349 e. The van der Waals surface area contributed by atoms with Crippen LogP contribution >= 0.6 is 11.6 Å². The van der Waals surface area contributed by atoms with E-state index in [1.54, 1.807) is 12.1 Å². The lowest BCUT2D eigenvalue weighted by Gasteiger charge is -2.30. The van der Waals surface area contributed by atoms with E-state index in [0.717, 1.165) is 5.56 Å². The predicted octanol–water partition coefficient (Wildman–Crippen LogP) is 3.63. The van der Waals surface area contributed by atoms with Crippen LogP contribution in [-0.4, -0.2) is 36.8 Å². The Morgan fingerprint density at radius 2 is 1.79 bits per heavy atom. The second kappa shape index (κ2) is 8.23. The van der Waals surface area contributed by atoms with Crippen LogP contribution in [0.3, 0.4) is 0 Å². The molecular formula is C21H25ClN2O3S. The molecule has 7 heteroatoms. The van der Waals surface area contributed by atoms with Gasteiger partial charge in [-0.05, 0) is 62.9 Å². The number of rotatable bonds is 6. The van der Waals surface area contributed by atoms with Crippen molar-refractivity contribution in [3.8, 4) is 0 Å². The van der Waals surface area contributed by atoms with Crippen LogP contribution in [0.15, 0.2) is 59.5 Å². The summed E-state index contributed by atoms with van der Waals surface area (Å²) in [6, 6.07) is 15.2. The Labute approximate surface area is 171 Å². The van der Waals surface area contributed by atoms with E-state index in [1.165, 1.54) is 16.4 Å². The summed E-state index contributed by atoms with van der Waals surface area (Å²) in [6.07, 6.45) is 1.83. The fraction of sp³-hybridized carbons (Fsp3) is 0.381. The highest BCUT2D eigenvalue weighted by atomic mass is 35.5. The zero-order valence-corrected chi connectivity index (χ0v) is 17.6. The number of hydrogen-bond acceptors (Lipinski definition) is 3. The summed E-state index contributed by atoms with van der Waals surface area (Å²) in [7, 11) is -3.75. The van der Waals surface area contributed by atoms with Gasteiger partial charge in [0.2, 0.25) is 15.9 Å². The van der Waals surface area contributed by atoms with Crippen molar-refractivity contribution in [2.45, 2.75) is 49.6 Å². The second-order valence-corrected chi connectivity index (χ2v) is 10.1. The summed E-state index contributed by atoms with van der Waals surface area (Å²) in [5, 5.41) is 3.51. The molecule has 2 aromatic carbocycles. The van der Waals surface area contributed by atoms with E-state index in [2.05, 4.69) is 5.32 Å². The molecule has 150 valence electrons. The van der Waals surface area contributed by atoms with Gasteiger partial charge in [0.1, 0.15) is 6.04 Å². The zero-order valence-electron chi connectivity index (χ0n) is 16.1. The standard InChI is InChI=1S/C21H25ClN2O3S/c1-21(2,15-16-7-4-3-5-8-16)23-20(25)19-9-6-14-24(19)28(26,27)18-12-10-17(22)11-13-18/h3-5,7-8,10-13,19H,6,9,14-15H2,1-2H3,(H,23,25)/t19-/m0/s1. The highest BCUT2D eigenvalue weighted by Crippen LogP contribution is 2.27. The Bertz CT molecular complexity index is 928. The van der Waals surface area contributed by atoms with E-state index in [1.807, 2.05) is 44.2 Å². The fourth-order valence-electron chi connectivity index (χ4n) is 3.60. The van der Waals surface area contributed by atoms with Gasteiger partial charge in [-0.25, -0.2) is 8.42 Å². The Morgan fingerprint density at radius 1 is 1.14 bits per heavy atom. The highest BCUT2D eigenvalue weighted by molar-refractivity contribution is 7.89. The lowest BCUT2D eigenvalue weighted by Crippen LogP contribution is -2.53. The molecule has 0 saturated carbocycles. The summed E-state index contributed by atoms with van der Waals surface area (Å²) < 4.78 is 27.3. The number of nitrogens with zero attached hydrogens (tertiary/aromatic N) is 1. The third-order valence-electron chi connectivity index (χ3n) is 4.88. The van der Waals surface area contributed by atoms with Gasteiger partial charge in [0.25, 0.3) is 0 Å². The summed E-state index contributed by atoms with van der Waals surface area (Å²) in [6.45, 7) is 4.23. The summed E-state index contributed by atoms with van der Waals surface area (Å²) >= 11 is 5.87. The maximum absolute atomic E-state index is 13.0. The molecule has 1 amide bonds. The van der Waals surface area contributed by atoms with Crippen molar-refractivity contribution in [1.82, 2.24) is 9.62 Å². The number of carbonyl (C=O) groups excluding carboxylic acids is 1. The molecule has 0 bridgehead atoms. The lowest BCUT2D eigenvalue weighted by atomic mass is 9.94. The minimum atomic E-state index is -3.75. The lowest BCUT2D eigenvalue weighted by molar-refractivity contribution is -0.125. The van der Waals surface area contributed by atoms with E-state index < -0.39 is 21.6 Å². The number of halogens is 1. The molecule has 2 aromatic rings. The first-order chi connectivity index (χ1) is 13.2. The molecule has 0 radical (unpaired) electrons. The van der Waals surface area contributed by atoms with Crippen LogP contribution in [0.4, 0.5) is 0 Å². The molecule has 28 heavy (non-hydrogen) atoms. The molecule has 1 aliphatic heterocycles. The summed E-state index contributed by atoms with van der Waals surface area (Å²) in [4.78, 5) is 13.1. The number of sulfonamides is 1. The Balaban J connectivity index is 1.74. The molecule has 1 N–H and O–H groups in total. The van der Waals surface area contributed by atoms with Gasteiger partial charge in [-0.15, -0.1) is 0 Å². The number of amides is 1. The van der Waals surface area contributed by atoms with Crippen LogP contribution in [-0.2, 0) is 21.2 Å². The first-order valence-corrected chi connectivity index (χ1v) is 11.1. The van der Waals surface area contributed by atoms with Gasteiger partial charge in [-0.1, -0.05) is 41.9 Å². The van der Waals surface area contributed by atoms with Crippen molar-refractivity contribution in [2.75, 3.05) is 6.54 Å². The minimum absolute atomic E-state index is 0.153. The largest absolute Gasteiger partial charge is 0.349 e. The van der Waals surface area contributed by atoms with Gasteiger partial charge in [0, 0.05) is 17.1 Å². The third kappa shape index (κ3) is 4.74. The molecule has 1 heterocycles. The van der Waals surface area contributed by atoms with Crippen molar-refractivity contribution in [2.24, 2.45) is 0 Å². The average Bonchev–Trinajstić information content (AvgIpc) is 3.13. The van der Waals surface area contributed by atoms with Crippen molar-refractivity contribution in [3.63, 3.8) is 0 Å². The number of carbonyl (C=O) groups is 1. The first kappa shape index (κ1) is 20.8. The van der Waals surface area contributed by atoms with Gasteiger partial charge in [-0.3, -0.25) is 4.79 Å². The fourth-order valence-corrected chi connectivity index (χ4v) is 5.38. The molecule has 0 spiro atoms. The SMILES string of the molecule is CC(C)(Cc1ccccc1)NC(=O)[C@@H]1CCCN1S(=O)(=O)c1ccc(Cl)cc1. The molecule has 1 aliphatic rings. The quantitative estimate of drug-likeness (QED) is 0.775. The van der Waals surface area contributed by atoms with Crippen LogP contribution in [0.1, 0.15) is 32.3 Å². The van der Waals surface area contributed by atoms with E-state index >= 15 is 0 Å². The Kier molecular flexibility index (Phi) is 6.12. The van der Waals surface area contributed by atoms with E-state index in [9.17, 15) is 13.2 Å². The maximum Gasteiger partial charge on any atom is 0.243 e. The van der Waals surface area contributed by atoms with Crippen molar-refractivity contribution in [1.29, 1.82) is 0 Å². The van der Waals surface area contributed by atoms with Crippen LogP contribution in [0.25, 0.3) is 0 Å². The smallest absolute Gasteiger partial charge is 0.243 e. The predicted molar refractivity (Wildman–Crippen MR) is 111 cm³/mol. The van der Waals surface area contributed by atoms with Crippen molar-refractivity contribution < 1.29 is 13.2 Å². The molecule has 1 atom stereocenters. The average molecular weight is 421 g/mol. The van der Waals surface area contributed by atoms with E-state index in [-0.39, 0.29) is 10.8 Å². The molecule has 3 rings (SSSR count). The highest BCUT2D eigenvalue weighted by Gasteiger charge is 2.40. The van der Waals surface area contributed by atoms with Gasteiger partial charge in [0.05, 0.1) is 4.90 Å². The third-order valence-corrected chi connectivity index (χ3v) is 7.05. The van der Waals surface area contributed by atoms with Crippen molar-refractivity contribution >= 4 is 27.5 Å².